The summed E-state index contributed by atoms with van der Waals surface area (Å²) in [6, 6.07) is 7.69. The van der Waals surface area contributed by atoms with Gasteiger partial charge < -0.3 is 10.1 Å². The van der Waals surface area contributed by atoms with Crippen LogP contribution >= 0.6 is 11.6 Å². The summed E-state index contributed by atoms with van der Waals surface area (Å²) in [6.07, 6.45) is -4.09. The van der Waals surface area contributed by atoms with Crippen LogP contribution in [0, 0.1) is 0 Å². The van der Waals surface area contributed by atoms with E-state index in [1.165, 1.54) is 28.6 Å². The Bertz CT molecular complexity index is 1300. The number of carbonyl (C=O) groups is 1. The molecule has 0 unspecified atom stereocenters. The van der Waals surface area contributed by atoms with Crippen LogP contribution in [0.1, 0.15) is 5.56 Å². The first-order chi connectivity index (χ1) is 16.2. The third-order valence-corrected chi connectivity index (χ3v) is 8.36. The van der Waals surface area contributed by atoms with Crippen molar-refractivity contribution in [3.8, 4) is 0 Å². The van der Waals surface area contributed by atoms with E-state index in [-0.39, 0.29) is 36.9 Å². The number of ether oxygens (including phenoxy) is 1. The van der Waals surface area contributed by atoms with Crippen molar-refractivity contribution in [2.75, 3.05) is 48.7 Å². The average Bonchev–Trinajstić information content (AvgIpc) is 2.77. The zero-order chi connectivity index (χ0) is 26.0. The number of benzene rings is 2. The molecule has 0 atom stereocenters. The predicted molar refractivity (Wildman–Crippen MR) is 123 cm³/mol. The van der Waals surface area contributed by atoms with Crippen LogP contribution in [-0.2, 0) is 35.8 Å². The van der Waals surface area contributed by atoms with Crippen molar-refractivity contribution in [3.63, 3.8) is 0 Å². The number of amides is 1. The van der Waals surface area contributed by atoms with Crippen molar-refractivity contribution < 1.29 is 39.5 Å². The summed E-state index contributed by atoms with van der Waals surface area (Å²) in [4.78, 5) is 12.5. The lowest BCUT2D eigenvalue weighted by Crippen LogP contribution is -2.40. The Balaban J connectivity index is 1.77. The normalized spacial score (nSPS) is 15.6. The first kappa shape index (κ1) is 27.2. The molecular weight excluding hydrogens is 535 g/mol. The maximum atomic E-state index is 13.2. The second kappa shape index (κ2) is 10.3. The van der Waals surface area contributed by atoms with Crippen molar-refractivity contribution in [1.82, 2.24) is 4.31 Å². The lowest BCUT2D eigenvalue weighted by atomic mass is 10.2. The highest BCUT2D eigenvalue weighted by molar-refractivity contribution is 7.92. The summed E-state index contributed by atoms with van der Waals surface area (Å²) in [5.74, 6) is -0.859. The average molecular weight is 556 g/mol. The Hall–Kier alpha value is -2.39. The highest BCUT2D eigenvalue weighted by atomic mass is 35.5. The van der Waals surface area contributed by atoms with Gasteiger partial charge in [-0.15, -0.1) is 0 Å². The van der Waals surface area contributed by atoms with E-state index in [1.807, 2.05) is 0 Å². The van der Waals surface area contributed by atoms with Crippen molar-refractivity contribution in [3.05, 3.63) is 53.1 Å². The van der Waals surface area contributed by atoms with Crippen LogP contribution in [0.4, 0.5) is 24.5 Å². The largest absolute Gasteiger partial charge is 0.417 e. The fourth-order valence-electron chi connectivity index (χ4n) is 3.26. The van der Waals surface area contributed by atoms with E-state index in [4.69, 9.17) is 16.3 Å². The minimum absolute atomic E-state index is 0.00370. The van der Waals surface area contributed by atoms with Crippen LogP contribution < -0.4 is 9.62 Å². The number of morpholine rings is 1. The van der Waals surface area contributed by atoms with Gasteiger partial charge in [0.1, 0.15) is 6.54 Å². The molecule has 1 N–H and O–H groups in total. The van der Waals surface area contributed by atoms with Crippen molar-refractivity contribution >= 4 is 48.9 Å². The minimum Gasteiger partial charge on any atom is -0.379 e. The van der Waals surface area contributed by atoms with Gasteiger partial charge in [0, 0.05) is 18.8 Å². The molecular formula is C20H21ClF3N3O6S2. The van der Waals surface area contributed by atoms with Crippen LogP contribution in [0.15, 0.2) is 47.4 Å². The minimum atomic E-state index is -4.83. The number of rotatable bonds is 7. The molecule has 9 nitrogen and oxygen atoms in total. The SMILES string of the molecule is CS(=O)(=O)N(CC(=O)Nc1ccc(S(=O)(=O)N2CCOCC2)cc1)c1ccc(Cl)c(C(F)(F)F)c1. The van der Waals surface area contributed by atoms with Crippen LogP contribution in [0.3, 0.4) is 0 Å². The van der Waals surface area contributed by atoms with Crippen molar-refractivity contribution in [2.24, 2.45) is 0 Å². The van der Waals surface area contributed by atoms with Gasteiger partial charge in [0.15, 0.2) is 0 Å². The Morgan fingerprint density at radius 2 is 1.69 bits per heavy atom. The molecule has 2 aromatic carbocycles. The standard InChI is InChI=1S/C20H21ClF3N3O6S2/c1-34(29,30)27(15-4-7-18(21)17(12-15)20(22,23)24)13-19(28)25-14-2-5-16(6-3-14)35(31,32)26-8-10-33-11-9-26/h2-7,12H,8-11,13H2,1H3,(H,25,28). The van der Waals surface area contributed by atoms with E-state index in [0.29, 0.717) is 10.4 Å². The summed E-state index contributed by atoms with van der Waals surface area (Å²) < 4.78 is 96.3. The van der Waals surface area contributed by atoms with Crippen molar-refractivity contribution in [2.45, 2.75) is 11.1 Å². The summed E-state index contributed by atoms with van der Waals surface area (Å²) in [5, 5.41) is 1.79. The zero-order valence-electron chi connectivity index (χ0n) is 18.2. The van der Waals surface area contributed by atoms with E-state index >= 15 is 0 Å². The number of anilines is 2. The molecule has 0 aliphatic carbocycles. The number of alkyl halides is 3. The van der Waals surface area contributed by atoms with Gasteiger partial charge in [-0.25, -0.2) is 16.8 Å². The second-order valence-corrected chi connectivity index (χ2v) is 11.8. The summed E-state index contributed by atoms with van der Waals surface area (Å²) in [7, 11) is -7.90. The van der Waals surface area contributed by atoms with Crippen LogP contribution in [0.2, 0.25) is 5.02 Å². The molecule has 0 aromatic heterocycles. The topological polar surface area (TPSA) is 113 Å². The van der Waals surface area contributed by atoms with Gasteiger partial charge in [-0.1, -0.05) is 11.6 Å². The van der Waals surface area contributed by atoms with Gasteiger partial charge in [-0.05, 0) is 42.5 Å². The van der Waals surface area contributed by atoms with Gasteiger partial charge in [-0.3, -0.25) is 9.10 Å². The quantitative estimate of drug-likeness (QED) is 0.562. The number of hydrogen-bond acceptors (Lipinski definition) is 6. The smallest absolute Gasteiger partial charge is 0.379 e. The van der Waals surface area contributed by atoms with Crippen LogP contribution in [0.5, 0.6) is 0 Å². The molecule has 0 radical (unpaired) electrons. The Labute approximate surface area is 205 Å². The van der Waals surface area contributed by atoms with Gasteiger partial charge in [-0.2, -0.15) is 17.5 Å². The number of nitrogens with zero attached hydrogens (tertiary/aromatic N) is 2. The molecule has 3 rings (SSSR count). The van der Waals surface area contributed by atoms with E-state index in [0.717, 1.165) is 18.4 Å². The van der Waals surface area contributed by atoms with E-state index in [2.05, 4.69) is 5.32 Å². The molecule has 192 valence electrons. The summed E-state index contributed by atoms with van der Waals surface area (Å²) >= 11 is 5.59. The third kappa shape index (κ3) is 6.64. The molecule has 2 aromatic rings. The molecule has 35 heavy (non-hydrogen) atoms. The first-order valence-electron chi connectivity index (χ1n) is 10.0. The molecule has 1 fully saturated rings. The van der Waals surface area contributed by atoms with E-state index in [1.54, 1.807) is 0 Å². The number of sulfonamides is 2. The van der Waals surface area contributed by atoms with Gasteiger partial charge >= 0.3 is 6.18 Å². The van der Waals surface area contributed by atoms with Gasteiger partial charge in [0.25, 0.3) is 0 Å². The molecule has 1 saturated heterocycles. The maximum absolute atomic E-state index is 13.2. The molecule has 1 amide bonds. The Morgan fingerprint density at radius 1 is 1.09 bits per heavy atom. The molecule has 1 heterocycles. The molecule has 1 aliphatic heterocycles. The predicted octanol–water partition coefficient (Wildman–Crippen LogP) is 2.78. The second-order valence-electron chi connectivity index (χ2n) is 7.52. The van der Waals surface area contributed by atoms with E-state index < -0.39 is 54.9 Å². The monoisotopic (exact) mass is 555 g/mol. The van der Waals surface area contributed by atoms with Crippen LogP contribution in [-0.4, -0.2) is 66.2 Å². The Morgan fingerprint density at radius 3 is 2.23 bits per heavy atom. The summed E-state index contributed by atoms with van der Waals surface area (Å²) in [6.45, 7) is 0.155. The highest BCUT2D eigenvalue weighted by Gasteiger charge is 2.34. The fraction of sp³-hybridized carbons (Fsp3) is 0.350. The van der Waals surface area contributed by atoms with E-state index in [9.17, 15) is 34.8 Å². The fourth-order valence-corrected chi connectivity index (χ4v) is 5.74. The molecule has 0 spiro atoms. The highest BCUT2D eigenvalue weighted by Crippen LogP contribution is 2.37. The Kier molecular flexibility index (Phi) is 8.01. The zero-order valence-corrected chi connectivity index (χ0v) is 20.6. The number of nitrogens with one attached hydrogen (secondary N) is 1. The number of hydrogen-bond donors (Lipinski definition) is 1. The number of halogens is 4. The molecule has 0 bridgehead atoms. The molecule has 15 heteroatoms. The lowest BCUT2D eigenvalue weighted by molar-refractivity contribution is -0.137. The molecule has 1 aliphatic rings. The van der Waals surface area contributed by atoms with Gasteiger partial charge in [0.05, 0.1) is 40.6 Å². The lowest BCUT2D eigenvalue weighted by Gasteiger charge is -2.26. The van der Waals surface area contributed by atoms with Crippen LogP contribution in [0.25, 0.3) is 0 Å². The molecule has 0 saturated carbocycles. The van der Waals surface area contributed by atoms with Crippen molar-refractivity contribution in [1.29, 1.82) is 0 Å². The first-order valence-corrected chi connectivity index (χ1v) is 13.7. The number of carbonyl (C=O) groups excluding carboxylic acids is 1. The summed E-state index contributed by atoms with van der Waals surface area (Å²) in [5.41, 5.74) is -1.48. The maximum Gasteiger partial charge on any atom is 0.417 e. The third-order valence-electron chi connectivity index (χ3n) is 4.98. The van der Waals surface area contributed by atoms with Gasteiger partial charge in [0.2, 0.25) is 26.0 Å².